The Kier molecular flexibility index (Phi) is 3.50. The molecule has 136 valence electrons. The van der Waals surface area contributed by atoms with E-state index in [0.29, 0.717) is 0 Å². The van der Waals surface area contributed by atoms with Crippen molar-refractivity contribution in [3.63, 3.8) is 0 Å². The van der Waals surface area contributed by atoms with Crippen LogP contribution in [0.1, 0.15) is 19.3 Å². The number of carboxylic acid groups (broad SMARTS) is 1. The maximum atomic E-state index is 14.5. The van der Waals surface area contributed by atoms with Gasteiger partial charge in [0.2, 0.25) is 5.67 Å². The van der Waals surface area contributed by atoms with Gasteiger partial charge in [-0.3, -0.25) is 9.59 Å². The van der Waals surface area contributed by atoms with Crippen LogP contribution in [0.15, 0.2) is 0 Å². The van der Waals surface area contributed by atoms with Crippen LogP contribution in [0.4, 0.5) is 35.1 Å². The van der Waals surface area contributed by atoms with Crippen LogP contribution in [0.25, 0.3) is 0 Å². The van der Waals surface area contributed by atoms with Crippen LogP contribution in [-0.4, -0.2) is 57.0 Å². The number of aliphatic carboxylic acids is 1. The lowest BCUT2D eigenvalue weighted by atomic mass is 9.73. The molecule has 5 nitrogen and oxygen atoms in total. The fourth-order valence-corrected chi connectivity index (χ4v) is 2.82. The Labute approximate surface area is 127 Å². The minimum Gasteiger partial charge on any atom is -0.477 e. The zero-order valence-corrected chi connectivity index (χ0v) is 11.3. The summed E-state index contributed by atoms with van der Waals surface area (Å²) in [6.45, 7) is 0. The van der Waals surface area contributed by atoms with Crippen LogP contribution in [0.5, 0.6) is 0 Å². The number of imide groups is 1. The fourth-order valence-electron chi connectivity index (χ4n) is 2.82. The highest BCUT2D eigenvalue weighted by Crippen LogP contribution is 2.59. The quantitative estimate of drug-likeness (QED) is 0.459. The van der Waals surface area contributed by atoms with Gasteiger partial charge in [-0.25, -0.2) is 27.3 Å². The molecule has 2 fully saturated rings. The standard InChI is InChI=1S/C11H7F8NO4/c12-7-2-1-3-8(13,14)9(7,15)5(22)20(4(7)21)10(16,6(23)24)11(17,18)19/h1-3H2,(H,23,24)/t7?,9?,10-/m1/s1. The minimum absolute atomic E-state index is 0.902. The lowest BCUT2D eigenvalue weighted by Gasteiger charge is -2.39. The maximum Gasteiger partial charge on any atom is 0.454 e. The molecule has 1 heterocycles. The van der Waals surface area contributed by atoms with E-state index in [1.54, 1.807) is 0 Å². The van der Waals surface area contributed by atoms with Gasteiger partial charge < -0.3 is 5.11 Å². The minimum atomic E-state index is -6.53. The number of carboxylic acids is 1. The third-order valence-corrected chi connectivity index (χ3v) is 4.07. The van der Waals surface area contributed by atoms with Gasteiger partial charge in [-0.1, -0.05) is 0 Å². The fraction of sp³-hybridized carbons (Fsp3) is 0.727. The van der Waals surface area contributed by atoms with Crippen molar-refractivity contribution in [1.82, 2.24) is 4.90 Å². The number of carbonyl (C=O) groups is 3. The predicted molar refractivity (Wildman–Crippen MR) is 55.9 cm³/mol. The second-order valence-electron chi connectivity index (χ2n) is 5.39. The summed E-state index contributed by atoms with van der Waals surface area (Å²) in [5.41, 5.74) is -9.64. The third kappa shape index (κ3) is 1.72. The average molecular weight is 369 g/mol. The van der Waals surface area contributed by atoms with E-state index in [9.17, 15) is 49.5 Å². The van der Waals surface area contributed by atoms with E-state index in [2.05, 4.69) is 0 Å². The Balaban J connectivity index is 2.75. The van der Waals surface area contributed by atoms with Crippen molar-refractivity contribution in [3.05, 3.63) is 0 Å². The second-order valence-corrected chi connectivity index (χ2v) is 5.39. The zero-order chi connectivity index (χ0) is 18.9. The van der Waals surface area contributed by atoms with E-state index in [1.807, 2.05) is 0 Å². The summed E-state index contributed by atoms with van der Waals surface area (Å²) in [5, 5.41) is 8.42. The summed E-state index contributed by atoms with van der Waals surface area (Å²) in [6, 6.07) is 0. The molecule has 2 amide bonds. The molecule has 2 rings (SSSR count). The second kappa shape index (κ2) is 4.57. The molecular weight excluding hydrogens is 362 g/mol. The number of halogens is 8. The molecule has 0 radical (unpaired) electrons. The Hall–Kier alpha value is -1.95. The summed E-state index contributed by atoms with van der Waals surface area (Å²) in [7, 11) is 0. The summed E-state index contributed by atoms with van der Waals surface area (Å²) >= 11 is 0. The highest BCUT2D eigenvalue weighted by Gasteiger charge is 2.88. The molecule has 1 N–H and O–H groups in total. The number of fused-ring (bicyclic) bond motifs is 1. The molecule has 13 heteroatoms. The molecular formula is C11H7F8NO4. The van der Waals surface area contributed by atoms with E-state index in [1.165, 1.54) is 0 Å². The highest BCUT2D eigenvalue weighted by molar-refractivity contribution is 6.16. The molecule has 2 unspecified atom stereocenters. The van der Waals surface area contributed by atoms with Gasteiger partial charge in [0.1, 0.15) is 0 Å². The van der Waals surface area contributed by atoms with E-state index >= 15 is 0 Å². The highest BCUT2D eigenvalue weighted by atomic mass is 19.4. The third-order valence-electron chi connectivity index (χ3n) is 4.07. The largest absolute Gasteiger partial charge is 0.477 e. The van der Waals surface area contributed by atoms with Gasteiger partial charge in [0, 0.05) is 6.42 Å². The van der Waals surface area contributed by atoms with Crippen molar-refractivity contribution >= 4 is 17.8 Å². The number of hydrogen-bond donors (Lipinski definition) is 1. The summed E-state index contributed by atoms with van der Waals surface area (Å²) < 4.78 is 109. The number of carbonyl (C=O) groups excluding carboxylic acids is 2. The summed E-state index contributed by atoms with van der Waals surface area (Å²) in [6.07, 6.45) is -10.4. The molecule has 0 aromatic rings. The molecule has 24 heavy (non-hydrogen) atoms. The molecule has 1 saturated carbocycles. The number of likely N-dealkylation sites (tertiary alicyclic amines) is 1. The van der Waals surface area contributed by atoms with Gasteiger partial charge in [-0.15, -0.1) is 0 Å². The molecule has 1 aliphatic heterocycles. The first-order valence-corrected chi connectivity index (χ1v) is 6.23. The van der Waals surface area contributed by atoms with Crippen molar-refractivity contribution < 1.29 is 54.6 Å². The number of nitrogens with zero attached hydrogens (tertiary/aromatic N) is 1. The first-order valence-electron chi connectivity index (χ1n) is 6.23. The Morgan fingerprint density at radius 3 is 1.88 bits per heavy atom. The molecule has 1 saturated heterocycles. The van der Waals surface area contributed by atoms with E-state index in [4.69, 9.17) is 5.11 Å². The molecule has 0 bridgehead atoms. The van der Waals surface area contributed by atoms with Crippen LogP contribution in [0, 0.1) is 0 Å². The Morgan fingerprint density at radius 1 is 1.00 bits per heavy atom. The average Bonchev–Trinajstić information content (AvgIpc) is 2.57. The lowest BCUT2D eigenvalue weighted by molar-refractivity contribution is -0.272. The monoisotopic (exact) mass is 369 g/mol. The van der Waals surface area contributed by atoms with Crippen LogP contribution >= 0.6 is 0 Å². The van der Waals surface area contributed by atoms with Crippen molar-refractivity contribution in [2.24, 2.45) is 0 Å². The molecule has 1 aliphatic carbocycles. The van der Waals surface area contributed by atoms with Gasteiger partial charge in [0.05, 0.1) is 0 Å². The van der Waals surface area contributed by atoms with Gasteiger partial charge in [-0.2, -0.15) is 17.6 Å². The molecule has 3 atom stereocenters. The maximum absolute atomic E-state index is 14.5. The van der Waals surface area contributed by atoms with Gasteiger partial charge in [0.15, 0.2) is 0 Å². The first kappa shape index (κ1) is 18.4. The number of rotatable bonds is 2. The van der Waals surface area contributed by atoms with Crippen molar-refractivity contribution in [2.45, 2.75) is 48.5 Å². The van der Waals surface area contributed by atoms with Crippen LogP contribution in [0.2, 0.25) is 0 Å². The topological polar surface area (TPSA) is 74.7 Å². The first-order chi connectivity index (χ1) is 10.6. The molecule has 0 aromatic heterocycles. The van der Waals surface area contributed by atoms with Gasteiger partial charge >= 0.3 is 17.9 Å². The summed E-state index contributed by atoms with van der Waals surface area (Å²) in [4.78, 5) is 32.1. The normalized spacial score (nSPS) is 35.6. The van der Waals surface area contributed by atoms with Crippen LogP contribution in [0.3, 0.4) is 0 Å². The number of alkyl halides is 8. The van der Waals surface area contributed by atoms with Crippen LogP contribution in [-0.2, 0) is 14.4 Å². The van der Waals surface area contributed by atoms with Crippen molar-refractivity contribution in [1.29, 1.82) is 0 Å². The Bertz CT molecular complexity index is 636. The Morgan fingerprint density at radius 2 is 1.50 bits per heavy atom. The summed E-state index contributed by atoms with van der Waals surface area (Å²) in [5.74, 6) is -20.5. The number of hydrogen-bond acceptors (Lipinski definition) is 3. The van der Waals surface area contributed by atoms with Gasteiger partial charge in [0.25, 0.3) is 23.4 Å². The van der Waals surface area contributed by atoms with E-state index in [0.717, 1.165) is 0 Å². The van der Waals surface area contributed by atoms with E-state index in [-0.39, 0.29) is 0 Å². The molecule has 2 aliphatic rings. The van der Waals surface area contributed by atoms with Crippen molar-refractivity contribution in [3.8, 4) is 0 Å². The van der Waals surface area contributed by atoms with Crippen molar-refractivity contribution in [2.75, 3.05) is 0 Å². The smallest absolute Gasteiger partial charge is 0.454 e. The molecule has 0 aromatic carbocycles. The molecule has 0 spiro atoms. The number of amides is 2. The SMILES string of the molecule is O=C1N([C@](F)(C(=O)O)C(F)(F)F)C(=O)C2(F)C(F)(F)CCCC12F. The van der Waals surface area contributed by atoms with Crippen LogP contribution < -0.4 is 0 Å². The lowest BCUT2D eigenvalue weighted by Crippen LogP contribution is -2.65. The zero-order valence-electron chi connectivity index (χ0n) is 11.3. The van der Waals surface area contributed by atoms with Gasteiger partial charge in [-0.05, 0) is 12.8 Å². The van der Waals surface area contributed by atoms with E-state index < -0.39 is 71.2 Å². The predicted octanol–water partition coefficient (Wildman–Crippen LogP) is 1.90.